The largest absolute Gasteiger partial charge is 0.480 e. The highest BCUT2D eigenvalue weighted by molar-refractivity contribution is 5.74. The molecular weight excluding hydrogens is 285 g/mol. The number of nitrogens with zero attached hydrogens (tertiary/aromatic N) is 1. The first-order valence-electron chi connectivity index (χ1n) is 5.49. The van der Waals surface area contributed by atoms with Gasteiger partial charge in [-0.2, -0.15) is 0 Å². The van der Waals surface area contributed by atoms with E-state index in [2.05, 4.69) is 0 Å². The van der Waals surface area contributed by atoms with Crippen LogP contribution in [0.5, 0.6) is 0 Å². The average molecular weight is 297 g/mol. The molecule has 0 unspecified atom stereocenters. The molecule has 1 aromatic carbocycles. The quantitative estimate of drug-likeness (QED) is 0.529. The van der Waals surface area contributed by atoms with Crippen LogP contribution in [0.25, 0.3) is 0 Å². The molecule has 112 valence electrons. The third kappa shape index (κ3) is 2.83. The van der Waals surface area contributed by atoms with E-state index in [1.807, 2.05) is 0 Å². The summed E-state index contributed by atoms with van der Waals surface area (Å²) in [6.07, 6.45) is 0. The Labute approximate surface area is 111 Å². The first-order valence-corrected chi connectivity index (χ1v) is 5.49. The summed E-state index contributed by atoms with van der Waals surface area (Å²) in [5.74, 6) is -12.1. The number of carboxylic acids is 1. The van der Waals surface area contributed by atoms with Crippen molar-refractivity contribution in [2.75, 3.05) is 11.4 Å². The normalized spacial score (nSPS) is 11.6. The summed E-state index contributed by atoms with van der Waals surface area (Å²) in [6, 6.07) is 0. The van der Waals surface area contributed by atoms with Gasteiger partial charge in [-0.25, -0.2) is 22.0 Å². The highest BCUT2D eigenvalue weighted by Crippen LogP contribution is 2.33. The zero-order valence-electron chi connectivity index (χ0n) is 10.9. The predicted octanol–water partition coefficient (Wildman–Crippen LogP) is 3.07. The second kappa shape index (κ2) is 5.26. The van der Waals surface area contributed by atoms with Crippen LogP contribution in [0, 0.1) is 29.1 Å². The van der Waals surface area contributed by atoms with Gasteiger partial charge in [0.1, 0.15) is 12.2 Å². The third-order valence-electron chi connectivity index (χ3n) is 2.56. The molecule has 0 amide bonds. The van der Waals surface area contributed by atoms with Crippen molar-refractivity contribution in [3.8, 4) is 0 Å². The van der Waals surface area contributed by atoms with Crippen molar-refractivity contribution in [2.45, 2.75) is 26.3 Å². The van der Waals surface area contributed by atoms with Crippen LogP contribution in [0.15, 0.2) is 0 Å². The fourth-order valence-corrected chi connectivity index (χ4v) is 1.62. The number of aliphatic carboxylic acids is 1. The van der Waals surface area contributed by atoms with Gasteiger partial charge in [0.2, 0.25) is 5.82 Å². The molecule has 0 aliphatic rings. The van der Waals surface area contributed by atoms with E-state index in [0.29, 0.717) is 4.90 Å². The molecule has 0 spiro atoms. The number of benzene rings is 1. The molecule has 0 radical (unpaired) electrons. The Hall–Kier alpha value is -1.86. The Bertz CT molecular complexity index is 525. The van der Waals surface area contributed by atoms with Crippen LogP contribution in [0.2, 0.25) is 0 Å². The third-order valence-corrected chi connectivity index (χ3v) is 2.56. The lowest BCUT2D eigenvalue weighted by atomic mass is 10.0. The summed E-state index contributed by atoms with van der Waals surface area (Å²) in [7, 11) is 0. The van der Waals surface area contributed by atoms with E-state index in [4.69, 9.17) is 5.11 Å². The summed E-state index contributed by atoms with van der Waals surface area (Å²) < 4.78 is 66.6. The van der Waals surface area contributed by atoms with E-state index >= 15 is 0 Å². The molecular formula is C12H12F5NO2. The number of halogens is 5. The standard InChI is InChI=1S/C12H12F5NO2/c1-12(2,3)18(4-5(19)20)11-9(16)7(14)6(13)8(15)10(11)17/h4H2,1-3H3,(H,19,20). The topological polar surface area (TPSA) is 40.5 Å². The van der Waals surface area contributed by atoms with E-state index < -0.39 is 52.8 Å². The molecule has 0 aromatic heterocycles. The predicted molar refractivity (Wildman–Crippen MR) is 61.0 cm³/mol. The lowest BCUT2D eigenvalue weighted by molar-refractivity contribution is -0.135. The Kier molecular flexibility index (Phi) is 4.26. The highest BCUT2D eigenvalue weighted by atomic mass is 19.2. The molecule has 1 aromatic rings. The minimum absolute atomic E-state index is 0.603. The number of carbonyl (C=O) groups is 1. The molecule has 0 atom stereocenters. The fraction of sp³-hybridized carbons (Fsp3) is 0.417. The monoisotopic (exact) mass is 297 g/mol. The zero-order valence-corrected chi connectivity index (χ0v) is 10.9. The molecule has 0 saturated heterocycles. The van der Waals surface area contributed by atoms with Crippen molar-refractivity contribution in [3.63, 3.8) is 0 Å². The van der Waals surface area contributed by atoms with Crippen LogP contribution >= 0.6 is 0 Å². The highest BCUT2D eigenvalue weighted by Gasteiger charge is 2.34. The molecule has 8 heteroatoms. The van der Waals surface area contributed by atoms with Gasteiger partial charge in [-0.1, -0.05) is 0 Å². The van der Waals surface area contributed by atoms with E-state index in [0.717, 1.165) is 0 Å². The molecule has 3 nitrogen and oxygen atoms in total. The Morgan fingerprint density at radius 2 is 1.30 bits per heavy atom. The number of carboxylic acid groups (broad SMARTS) is 1. The number of hydrogen-bond donors (Lipinski definition) is 1. The van der Waals surface area contributed by atoms with Crippen molar-refractivity contribution in [3.05, 3.63) is 29.1 Å². The minimum Gasteiger partial charge on any atom is -0.480 e. The van der Waals surface area contributed by atoms with Crippen molar-refractivity contribution in [1.82, 2.24) is 0 Å². The van der Waals surface area contributed by atoms with Gasteiger partial charge in [-0.3, -0.25) is 4.79 Å². The van der Waals surface area contributed by atoms with E-state index in [-0.39, 0.29) is 0 Å². The molecule has 0 fully saturated rings. The lowest BCUT2D eigenvalue weighted by Gasteiger charge is -2.36. The van der Waals surface area contributed by atoms with Crippen molar-refractivity contribution in [2.24, 2.45) is 0 Å². The zero-order chi connectivity index (χ0) is 15.8. The molecule has 0 saturated carbocycles. The second-order valence-electron chi connectivity index (χ2n) is 5.07. The maximum absolute atomic E-state index is 13.7. The molecule has 0 aliphatic carbocycles. The first kappa shape index (κ1) is 16.2. The number of hydrogen-bond acceptors (Lipinski definition) is 2. The van der Waals surface area contributed by atoms with E-state index in [1.165, 1.54) is 20.8 Å². The summed E-state index contributed by atoms with van der Waals surface area (Å²) >= 11 is 0. The van der Waals surface area contributed by atoms with Crippen LogP contribution in [0.3, 0.4) is 0 Å². The van der Waals surface area contributed by atoms with Gasteiger partial charge in [-0.05, 0) is 20.8 Å². The Morgan fingerprint density at radius 1 is 0.950 bits per heavy atom. The summed E-state index contributed by atoms with van der Waals surface area (Å²) in [6.45, 7) is 3.23. The van der Waals surface area contributed by atoms with Crippen molar-refractivity contribution in [1.29, 1.82) is 0 Å². The average Bonchev–Trinajstić information content (AvgIpc) is 2.31. The SMILES string of the molecule is CC(C)(C)N(CC(=O)O)c1c(F)c(F)c(F)c(F)c1F. The molecule has 20 heavy (non-hydrogen) atoms. The maximum atomic E-state index is 13.7. The van der Waals surface area contributed by atoms with Crippen LogP contribution < -0.4 is 4.90 Å². The smallest absolute Gasteiger partial charge is 0.323 e. The van der Waals surface area contributed by atoms with E-state index in [1.54, 1.807) is 0 Å². The summed E-state index contributed by atoms with van der Waals surface area (Å²) in [5.41, 5.74) is -2.42. The van der Waals surface area contributed by atoms with Crippen LogP contribution in [0.4, 0.5) is 27.6 Å². The van der Waals surface area contributed by atoms with Crippen LogP contribution in [-0.2, 0) is 4.79 Å². The Morgan fingerprint density at radius 3 is 1.60 bits per heavy atom. The fourth-order valence-electron chi connectivity index (χ4n) is 1.62. The van der Waals surface area contributed by atoms with E-state index in [9.17, 15) is 26.7 Å². The van der Waals surface area contributed by atoms with Gasteiger partial charge >= 0.3 is 5.97 Å². The van der Waals surface area contributed by atoms with Gasteiger partial charge in [0.05, 0.1) is 0 Å². The molecule has 0 heterocycles. The molecule has 0 bridgehead atoms. The molecule has 1 N–H and O–H groups in total. The molecule has 1 rings (SSSR count). The maximum Gasteiger partial charge on any atom is 0.323 e. The second-order valence-corrected chi connectivity index (χ2v) is 5.07. The Balaban J connectivity index is 3.61. The van der Waals surface area contributed by atoms with Crippen LogP contribution in [-0.4, -0.2) is 23.2 Å². The van der Waals surface area contributed by atoms with Gasteiger partial charge in [0, 0.05) is 5.54 Å². The van der Waals surface area contributed by atoms with Crippen LogP contribution in [0.1, 0.15) is 20.8 Å². The van der Waals surface area contributed by atoms with Crippen molar-refractivity contribution < 1.29 is 31.9 Å². The summed E-state index contributed by atoms with van der Waals surface area (Å²) in [5, 5.41) is 8.74. The number of rotatable bonds is 3. The lowest BCUT2D eigenvalue weighted by Crippen LogP contribution is -2.46. The van der Waals surface area contributed by atoms with Gasteiger partial charge in [0.25, 0.3) is 0 Å². The van der Waals surface area contributed by atoms with Gasteiger partial charge < -0.3 is 10.0 Å². The number of anilines is 1. The van der Waals surface area contributed by atoms with Gasteiger partial charge in [0.15, 0.2) is 23.3 Å². The molecule has 0 aliphatic heterocycles. The summed E-state index contributed by atoms with van der Waals surface area (Å²) in [4.78, 5) is 11.3. The van der Waals surface area contributed by atoms with Gasteiger partial charge in [-0.15, -0.1) is 0 Å². The minimum atomic E-state index is -2.28. The first-order chi connectivity index (χ1) is 8.98. The van der Waals surface area contributed by atoms with Crippen molar-refractivity contribution >= 4 is 11.7 Å².